The lowest BCUT2D eigenvalue weighted by Gasteiger charge is -2.57. The van der Waals surface area contributed by atoms with Gasteiger partial charge in [-0.15, -0.1) is 0 Å². The van der Waals surface area contributed by atoms with Crippen molar-refractivity contribution in [2.75, 3.05) is 13.7 Å². The number of rotatable bonds is 1. The van der Waals surface area contributed by atoms with E-state index in [0.717, 1.165) is 13.0 Å². The van der Waals surface area contributed by atoms with Gasteiger partial charge in [0.2, 0.25) is 0 Å². The van der Waals surface area contributed by atoms with E-state index >= 15 is 0 Å². The van der Waals surface area contributed by atoms with Gasteiger partial charge in [-0.3, -0.25) is 0 Å². The summed E-state index contributed by atoms with van der Waals surface area (Å²) < 4.78 is 5.35. The van der Waals surface area contributed by atoms with E-state index in [1.165, 1.54) is 11.1 Å². The van der Waals surface area contributed by atoms with Crippen LogP contribution in [0.15, 0.2) is 12.1 Å². The molecule has 126 valence electrons. The Balaban J connectivity index is 0.00000242. The average Bonchev–Trinajstić information content (AvgIpc) is 2.34. The number of nitrogens with one attached hydrogen (secondary N) is 1. The molecule has 0 amide bonds. The Hall–Kier alpha value is -1.22. The summed E-state index contributed by atoms with van der Waals surface area (Å²) in [5.74, 6) is 0.783. The van der Waals surface area contributed by atoms with E-state index in [1.807, 2.05) is 12.1 Å². The van der Waals surface area contributed by atoms with Crippen molar-refractivity contribution in [3.63, 3.8) is 0 Å². The zero-order valence-electron chi connectivity index (χ0n) is 14.4. The van der Waals surface area contributed by atoms with Crippen LogP contribution >= 0.6 is 0 Å². The lowest BCUT2D eigenvalue weighted by molar-refractivity contribution is 0.0110. The predicted octanol–water partition coefficient (Wildman–Crippen LogP) is 4.47. The molecule has 2 rings (SSSR count). The largest absolute Gasteiger partial charge is 0.504 e. The number of phenolic OH excluding ortho intramolecular Hbond substituents is 1. The Labute approximate surface area is 136 Å². The zero-order chi connectivity index (χ0) is 16.1. The minimum absolute atomic E-state index is 0. The molecule has 0 fully saturated rings. The Morgan fingerprint density at radius 2 is 1.64 bits per heavy atom. The molecule has 2 N–H and O–H groups in total. The SMILES string of the molecule is C.COc1cc2c(cc1O)CCNC2(C(C)(C)C)C(C)(C)C. The van der Waals surface area contributed by atoms with E-state index in [9.17, 15) is 5.11 Å². The molecule has 0 saturated heterocycles. The fourth-order valence-electron chi connectivity index (χ4n) is 4.27. The third-order valence-corrected chi connectivity index (χ3v) is 4.84. The molecular weight excluding hydrogens is 274 g/mol. The Morgan fingerprint density at radius 1 is 1.09 bits per heavy atom. The lowest BCUT2D eigenvalue weighted by atomic mass is 9.55. The van der Waals surface area contributed by atoms with E-state index in [-0.39, 0.29) is 29.5 Å². The first-order valence-electron chi connectivity index (χ1n) is 7.70. The standard InChI is InChI=1S/C18H29NO2.CH4/c1-16(2,3)18(17(4,5)6)13-11-15(21-7)14(20)10-12(13)8-9-19-18;/h10-11,19-20H,8-9H2,1-7H3;1H4. The summed E-state index contributed by atoms with van der Waals surface area (Å²) in [4.78, 5) is 0. The van der Waals surface area contributed by atoms with Crippen LogP contribution in [0, 0.1) is 10.8 Å². The van der Waals surface area contributed by atoms with Crippen LogP contribution in [-0.2, 0) is 12.0 Å². The maximum atomic E-state index is 10.1. The molecule has 1 heterocycles. The highest BCUT2D eigenvalue weighted by molar-refractivity contribution is 5.51. The van der Waals surface area contributed by atoms with E-state index in [2.05, 4.69) is 46.9 Å². The summed E-state index contributed by atoms with van der Waals surface area (Å²) in [7, 11) is 1.60. The quantitative estimate of drug-likeness (QED) is 0.804. The number of aromatic hydroxyl groups is 1. The van der Waals surface area contributed by atoms with Gasteiger partial charge in [-0.2, -0.15) is 0 Å². The van der Waals surface area contributed by atoms with E-state index < -0.39 is 0 Å². The summed E-state index contributed by atoms with van der Waals surface area (Å²) in [5, 5.41) is 13.9. The number of fused-ring (bicyclic) bond motifs is 1. The molecule has 1 aliphatic heterocycles. The summed E-state index contributed by atoms with van der Waals surface area (Å²) in [5.41, 5.74) is 2.36. The molecule has 1 aliphatic rings. The first-order valence-corrected chi connectivity index (χ1v) is 7.70. The summed E-state index contributed by atoms with van der Waals surface area (Å²) in [6, 6.07) is 3.90. The smallest absolute Gasteiger partial charge is 0.160 e. The number of hydrogen-bond donors (Lipinski definition) is 2. The molecule has 0 aliphatic carbocycles. The van der Waals surface area contributed by atoms with Gasteiger partial charge in [-0.05, 0) is 40.5 Å². The molecule has 0 unspecified atom stereocenters. The highest BCUT2D eigenvalue weighted by Gasteiger charge is 2.53. The Kier molecular flexibility index (Phi) is 4.94. The van der Waals surface area contributed by atoms with Crippen LogP contribution in [0.25, 0.3) is 0 Å². The highest BCUT2D eigenvalue weighted by Crippen LogP contribution is 2.54. The highest BCUT2D eigenvalue weighted by atomic mass is 16.5. The van der Waals surface area contributed by atoms with Gasteiger partial charge in [-0.1, -0.05) is 49.0 Å². The molecule has 1 aromatic rings. The molecule has 0 radical (unpaired) electrons. The monoisotopic (exact) mass is 307 g/mol. The first-order chi connectivity index (χ1) is 9.54. The second kappa shape index (κ2) is 5.77. The van der Waals surface area contributed by atoms with Gasteiger partial charge in [0.05, 0.1) is 12.6 Å². The van der Waals surface area contributed by atoms with Crippen molar-refractivity contribution < 1.29 is 9.84 Å². The molecule has 3 heteroatoms. The minimum atomic E-state index is -0.172. The fourth-order valence-corrected chi connectivity index (χ4v) is 4.27. The maximum absolute atomic E-state index is 10.1. The fraction of sp³-hybridized carbons (Fsp3) is 0.684. The number of benzene rings is 1. The molecule has 1 aromatic carbocycles. The molecule has 0 spiro atoms. The van der Waals surface area contributed by atoms with E-state index in [0.29, 0.717) is 5.75 Å². The molecule has 22 heavy (non-hydrogen) atoms. The van der Waals surface area contributed by atoms with Gasteiger partial charge in [-0.25, -0.2) is 0 Å². The number of ether oxygens (including phenoxy) is 1. The van der Waals surface area contributed by atoms with Crippen LogP contribution in [0.3, 0.4) is 0 Å². The Bertz CT molecular complexity index is 522. The van der Waals surface area contributed by atoms with Gasteiger partial charge in [0.1, 0.15) is 0 Å². The van der Waals surface area contributed by atoms with Crippen LogP contribution in [0.4, 0.5) is 0 Å². The number of hydrogen-bond acceptors (Lipinski definition) is 3. The van der Waals surface area contributed by atoms with Gasteiger partial charge in [0.25, 0.3) is 0 Å². The van der Waals surface area contributed by atoms with Gasteiger partial charge in [0.15, 0.2) is 11.5 Å². The van der Waals surface area contributed by atoms with E-state index in [4.69, 9.17) is 4.74 Å². The second-order valence-corrected chi connectivity index (χ2v) is 8.11. The molecular formula is C19H33NO2. The predicted molar refractivity (Wildman–Crippen MR) is 93.7 cm³/mol. The summed E-state index contributed by atoms with van der Waals surface area (Å²) >= 11 is 0. The molecule has 0 saturated carbocycles. The van der Waals surface area contributed by atoms with Crippen molar-refractivity contribution in [3.05, 3.63) is 23.3 Å². The third kappa shape index (κ3) is 2.60. The molecule has 3 nitrogen and oxygen atoms in total. The van der Waals surface area contributed by atoms with Crippen molar-refractivity contribution in [2.24, 2.45) is 10.8 Å². The van der Waals surface area contributed by atoms with Gasteiger partial charge in [0, 0.05) is 6.54 Å². The Morgan fingerprint density at radius 3 is 2.09 bits per heavy atom. The second-order valence-electron chi connectivity index (χ2n) is 8.11. The van der Waals surface area contributed by atoms with Gasteiger partial charge < -0.3 is 15.2 Å². The molecule has 0 atom stereocenters. The van der Waals surface area contributed by atoms with Gasteiger partial charge >= 0.3 is 0 Å². The average molecular weight is 307 g/mol. The van der Waals surface area contributed by atoms with Crippen molar-refractivity contribution in [1.29, 1.82) is 0 Å². The van der Waals surface area contributed by atoms with E-state index in [1.54, 1.807) is 7.11 Å². The normalized spacial score (nSPS) is 17.4. The van der Waals surface area contributed by atoms with Crippen LogP contribution < -0.4 is 10.1 Å². The van der Waals surface area contributed by atoms with Crippen molar-refractivity contribution in [1.82, 2.24) is 5.32 Å². The molecule has 0 bridgehead atoms. The maximum Gasteiger partial charge on any atom is 0.160 e. The zero-order valence-corrected chi connectivity index (χ0v) is 14.4. The van der Waals surface area contributed by atoms with Crippen LogP contribution in [-0.4, -0.2) is 18.8 Å². The van der Waals surface area contributed by atoms with Crippen LogP contribution in [0.1, 0.15) is 60.1 Å². The van der Waals surface area contributed by atoms with Crippen LogP contribution in [0.5, 0.6) is 11.5 Å². The summed E-state index contributed by atoms with van der Waals surface area (Å²) in [6.07, 6.45) is 0.931. The van der Waals surface area contributed by atoms with Crippen molar-refractivity contribution in [3.8, 4) is 11.5 Å². The molecule has 0 aromatic heterocycles. The third-order valence-electron chi connectivity index (χ3n) is 4.84. The topological polar surface area (TPSA) is 41.5 Å². The van der Waals surface area contributed by atoms with Crippen molar-refractivity contribution >= 4 is 0 Å². The first kappa shape index (κ1) is 18.8. The summed E-state index contributed by atoms with van der Waals surface area (Å²) in [6.45, 7) is 14.6. The lowest BCUT2D eigenvalue weighted by Crippen LogP contribution is -2.62. The number of phenols is 1. The minimum Gasteiger partial charge on any atom is -0.504 e. The number of methoxy groups -OCH3 is 1. The van der Waals surface area contributed by atoms with Crippen LogP contribution in [0.2, 0.25) is 0 Å². The van der Waals surface area contributed by atoms with Crippen molar-refractivity contribution in [2.45, 2.75) is 60.9 Å².